The number of urea groups is 1. The fourth-order valence-corrected chi connectivity index (χ4v) is 3.52. The Kier molecular flexibility index (Phi) is 4.11. The number of nitrogens with one attached hydrogen (secondary N) is 2. The van der Waals surface area contributed by atoms with E-state index in [9.17, 15) is 4.79 Å². The van der Waals surface area contributed by atoms with E-state index >= 15 is 0 Å². The molecule has 0 unspecified atom stereocenters. The van der Waals surface area contributed by atoms with Crippen molar-refractivity contribution in [3.63, 3.8) is 0 Å². The van der Waals surface area contributed by atoms with Crippen LogP contribution >= 0.6 is 0 Å². The molecule has 0 fully saturated rings. The van der Waals surface area contributed by atoms with Gasteiger partial charge in [-0.2, -0.15) is 5.10 Å². The van der Waals surface area contributed by atoms with Gasteiger partial charge in [-0.25, -0.2) is 4.79 Å². The van der Waals surface area contributed by atoms with Crippen LogP contribution in [0.2, 0.25) is 0 Å². The lowest BCUT2D eigenvalue weighted by molar-refractivity contribution is 0.234. The quantitative estimate of drug-likeness (QED) is 0.911. The molecule has 1 aromatic heterocycles. The molecule has 0 atom stereocenters. The van der Waals surface area contributed by atoms with Gasteiger partial charge in [-0.15, -0.1) is 0 Å². The molecule has 0 saturated carbocycles. The zero-order valence-corrected chi connectivity index (χ0v) is 14.0. The first-order valence-electron chi connectivity index (χ1n) is 8.06. The van der Waals surface area contributed by atoms with Crippen LogP contribution in [0, 0.1) is 5.92 Å². The van der Waals surface area contributed by atoms with Crippen LogP contribution in [0.5, 0.6) is 0 Å². The summed E-state index contributed by atoms with van der Waals surface area (Å²) in [6, 6.07) is 8.45. The zero-order valence-electron chi connectivity index (χ0n) is 14.0. The first-order chi connectivity index (χ1) is 10.9. The first-order valence-corrected chi connectivity index (χ1v) is 8.06. The Morgan fingerprint density at radius 2 is 1.96 bits per heavy atom. The lowest BCUT2D eigenvalue weighted by atomic mass is 9.89. The van der Waals surface area contributed by atoms with Crippen LogP contribution in [-0.4, -0.2) is 21.4 Å². The normalized spacial score (nSPS) is 14.6. The topological polar surface area (TPSA) is 59.0 Å². The van der Waals surface area contributed by atoms with Crippen molar-refractivity contribution >= 4 is 11.7 Å². The number of nitrogens with zero attached hydrogens (tertiary/aromatic N) is 2. The number of anilines is 1. The summed E-state index contributed by atoms with van der Waals surface area (Å²) >= 11 is 0. The van der Waals surface area contributed by atoms with Gasteiger partial charge in [0.2, 0.25) is 0 Å². The molecule has 0 bridgehead atoms. The van der Waals surface area contributed by atoms with Crippen molar-refractivity contribution in [2.75, 3.05) is 5.32 Å². The molecule has 1 aliphatic carbocycles. The molecule has 0 spiro atoms. The highest BCUT2D eigenvalue weighted by atomic mass is 16.2. The van der Waals surface area contributed by atoms with E-state index in [1.165, 1.54) is 11.1 Å². The second-order valence-electron chi connectivity index (χ2n) is 7.11. The van der Waals surface area contributed by atoms with Gasteiger partial charge in [0, 0.05) is 18.8 Å². The van der Waals surface area contributed by atoms with Crippen LogP contribution in [0.4, 0.5) is 10.5 Å². The van der Waals surface area contributed by atoms with Crippen molar-refractivity contribution in [3.05, 3.63) is 47.8 Å². The Morgan fingerprint density at radius 1 is 1.30 bits per heavy atom. The minimum atomic E-state index is -0.251. The van der Waals surface area contributed by atoms with E-state index in [1.54, 1.807) is 17.1 Å². The van der Waals surface area contributed by atoms with Crippen LogP contribution in [0.3, 0.4) is 0 Å². The lowest BCUT2D eigenvalue weighted by Gasteiger charge is -2.29. The summed E-state index contributed by atoms with van der Waals surface area (Å²) in [7, 11) is 1.82. The molecule has 0 aliphatic heterocycles. The highest BCUT2D eigenvalue weighted by Gasteiger charge is 2.29. The van der Waals surface area contributed by atoms with Gasteiger partial charge in [-0.1, -0.05) is 24.3 Å². The lowest BCUT2D eigenvalue weighted by Crippen LogP contribution is -2.46. The summed E-state index contributed by atoms with van der Waals surface area (Å²) in [5, 5.41) is 9.95. The van der Waals surface area contributed by atoms with E-state index < -0.39 is 0 Å². The number of rotatable bonds is 4. The van der Waals surface area contributed by atoms with Gasteiger partial charge in [0.25, 0.3) is 0 Å². The molecule has 23 heavy (non-hydrogen) atoms. The maximum absolute atomic E-state index is 12.2. The van der Waals surface area contributed by atoms with Gasteiger partial charge >= 0.3 is 6.03 Å². The molecule has 2 N–H and O–H groups in total. The molecule has 2 aromatic rings. The maximum Gasteiger partial charge on any atom is 0.319 e. The van der Waals surface area contributed by atoms with E-state index in [0.717, 1.165) is 19.3 Å². The summed E-state index contributed by atoms with van der Waals surface area (Å²) < 4.78 is 1.66. The summed E-state index contributed by atoms with van der Waals surface area (Å²) in [6.07, 6.45) is 6.58. The largest absolute Gasteiger partial charge is 0.333 e. The zero-order chi connectivity index (χ0) is 16.4. The average Bonchev–Trinajstić information content (AvgIpc) is 3.02. The monoisotopic (exact) mass is 312 g/mol. The Morgan fingerprint density at radius 3 is 2.52 bits per heavy atom. The number of fused-ring (bicyclic) bond motifs is 1. The third kappa shape index (κ3) is 3.92. The highest BCUT2D eigenvalue weighted by molar-refractivity contribution is 5.89. The van der Waals surface area contributed by atoms with Gasteiger partial charge in [0.1, 0.15) is 0 Å². The summed E-state index contributed by atoms with van der Waals surface area (Å²) in [6.45, 7) is 4.16. The van der Waals surface area contributed by atoms with Crippen molar-refractivity contribution < 1.29 is 4.79 Å². The molecule has 2 amide bonds. The number of hydrogen-bond donors (Lipinski definition) is 2. The van der Waals surface area contributed by atoms with Crippen LogP contribution < -0.4 is 10.6 Å². The second-order valence-corrected chi connectivity index (χ2v) is 7.11. The number of carbonyl (C=O) groups is 1. The Labute approximate surface area is 137 Å². The molecular weight excluding hydrogens is 288 g/mol. The number of amides is 2. The average molecular weight is 312 g/mol. The van der Waals surface area contributed by atoms with Crippen LogP contribution in [-0.2, 0) is 19.9 Å². The summed E-state index contributed by atoms with van der Waals surface area (Å²) in [5.74, 6) is 0.584. The smallest absolute Gasteiger partial charge is 0.319 e. The van der Waals surface area contributed by atoms with E-state index in [1.807, 2.05) is 7.05 Å². The van der Waals surface area contributed by atoms with Gasteiger partial charge in [-0.3, -0.25) is 4.68 Å². The standard InChI is InChI=1S/C18H24N4O/c1-18(2,21-17(23)20-16-11-19-22(3)12-16)10-13-8-14-6-4-5-7-15(14)9-13/h4-7,11-13H,8-10H2,1-3H3,(H2,20,21,23). The van der Waals surface area contributed by atoms with Gasteiger partial charge in [0.05, 0.1) is 11.9 Å². The SMILES string of the molecule is Cn1cc(NC(=O)NC(C)(C)CC2Cc3ccccc3C2)cn1. The molecule has 5 nitrogen and oxygen atoms in total. The van der Waals surface area contributed by atoms with Gasteiger partial charge < -0.3 is 10.6 Å². The number of hydrogen-bond acceptors (Lipinski definition) is 2. The van der Waals surface area contributed by atoms with Crippen molar-refractivity contribution in [1.29, 1.82) is 0 Å². The van der Waals surface area contributed by atoms with Crippen LogP contribution in [0.15, 0.2) is 36.7 Å². The van der Waals surface area contributed by atoms with Crippen molar-refractivity contribution in [1.82, 2.24) is 15.1 Å². The second kappa shape index (κ2) is 6.07. The molecule has 3 rings (SSSR count). The molecule has 5 heteroatoms. The Bertz CT molecular complexity index is 680. The van der Waals surface area contributed by atoms with E-state index in [4.69, 9.17) is 0 Å². The number of aryl methyl sites for hydroxylation is 1. The predicted octanol–water partition coefficient (Wildman–Crippen LogP) is 3.13. The number of benzene rings is 1. The molecular formula is C18H24N4O. The van der Waals surface area contributed by atoms with Crippen molar-refractivity contribution in [2.45, 2.75) is 38.6 Å². The Hall–Kier alpha value is -2.30. The molecule has 122 valence electrons. The third-order valence-electron chi connectivity index (χ3n) is 4.35. The minimum absolute atomic E-state index is 0.182. The first kappa shape index (κ1) is 15.6. The van der Waals surface area contributed by atoms with E-state index in [-0.39, 0.29) is 11.6 Å². The van der Waals surface area contributed by atoms with Gasteiger partial charge in [0.15, 0.2) is 0 Å². The minimum Gasteiger partial charge on any atom is -0.333 e. The fraction of sp³-hybridized carbons (Fsp3) is 0.444. The predicted molar refractivity (Wildman–Crippen MR) is 91.4 cm³/mol. The van der Waals surface area contributed by atoms with Crippen LogP contribution in [0.1, 0.15) is 31.4 Å². The van der Waals surface area contributed by atoms with E-state index in [0.29, 0.717) is 11.6 Å². The van der Waals surface area contributed by atoms with Crippen LogP contribution in [0.25, 0.3) is 0 Å². The molecule has 1 aromatic carbocycles. The number of carbonyl (C=O) groups excluding carboxylic acids is 1. The highest BCUT2D eigenvalue weighted by Crippen LogP contribution is 2.31. The summed E-state index contributed by atoms with van der Waals surface area (Å²) in [4.78, 5) is 12.2. The summed E-state index contributed by atoms with van der Waals surface area (Å²) in [5.41, 5.74) is 3.36. The Balaban J connectivity index is 1.54. The van der Waals surface area contributed by atoms with Gasteiger partial charge in [-0.05, 0) is 50.2 Å². The number of aromatic nitrogens is 2. The fourth-order valence-electron chi connectivity index (χ4n) is 3.52. The van der Waals surface area contributed by atoms with E-state index in [2.05, 4.69) is 53.8 Å². The van der Waals surface area contributed by atoms with Crippen molar-refractivity contribution in [3.8, 4) is 0 Å². The third-order valence-corrected chi connectivity index (χ3v) is 4.35. The molecule has 0 saturated heterocycles. The molecule has 1 aliphatic rings. The van der Waals surface area contributed by atoms with Crippen molar-refractivity contribution in [2.24, 2.45) is 13.0 Å². The molecule has 0 radical (unpaired) electrons. The maximum atomic E-state index is 12.2. The molecule has 1 heterocycles.